The van der Waals surface area contributed by atoms with Gasteiger partial charge in [-0.2, -0.15) is 0 Å². The van der Waals surface area contributed by atoms with Gasteiger partial charge in [0, 0.05) is 12.0 Å². The first-order chi connectivity index (χ1) is 9.78. The minimum Gasteiger partial charge on any atom is -0.474 e. The van der Waals surface area contributed by atoms with Gasteiger partial charge in [-0.05, 0) is 38.8 Å². The van der Waals surface area contributed by atoms with Crippen LogP contribution in [0, 0.1) is 11.8 Å². The Balaban J connectivity index is 1.98. The lowest BCUT2D eigenvalue weighted by Crippen LogP contribution is -2.34. The summed E-state index contributed by atoms with van der Waals surface area (Å²) < 4.78 is 10.5. The van der Waals surface area contributed by atoms with Crippen molar-refractivity contribution in [2.45, 2.75) is 25.9 Å². The number of piperidine rings is 1. The molecule has 1 aliphatic rings. The number of carbonyl (C=O) groups excluding carboxylic acids is 1. The summed E-state index contributed by atoms with van der Waals surface area (Å²) in [4.78, 5) is 19.2. The molecule has 20 heavy (non-hydrogen) atoms. The SMILES string of the molecule is CCOC(=O)C#Cc1cc(OC2CCNCC2)ncn1. The first-order valence-corrected chi connectivity index (χ1v) is 6.66. The van der Waals surface area contributed by atoms with E-state index in [1.807, 2.05) is 0 Å². The monoisotopic (exact) mass is 275 g/mol. The number of aromatic nitrogens is 2. The topological polar surface area (TPSA) is 73.3 Å². The van der Waals surface area contributed by atoms with Crippen molar-refractivity contribution < 1.29 is 14.3 Å². The minimum atomic E-state index is -0.563. The summed E-state index contributed by atoms with van der Waals surface area (Å²) in [6.07, 6.45) is 3.45. The van der Waals surface area contributed by atoms with Crippen LogP contribution in [0.4, 0.5) is 0 Å². The van der Waals surface area contributed by atoms with Crippen LogP contribution >= 0.6 is 0 Å². The molecular formula is C14H17N3O3. The van der Waals surface area contributed by atoms with Crippen molar-refractivity contribution in [1.29, 1.82) is 0 Å². The van der Waals surface area contributed by atoms with Gasteiger partial charge in [0.25, 0.3) is 0 Å². The first-order valence-electron chi connectivity index (χ1n) is 6.66. The van der Waals surface area contributed by atoms with E-state index >= 15 is 0 Å². The van der Waals surface area contributed by atoms with Gasteiger partial charge in [-0.1, -0.05) is 0 Å². The number of nitrogens with zero attached hydrogens (tertiary/aromatic N) is 2. The fraction of sp³-hybridized carbons (Fsp3) is 0.500. The first kappa shape index (κ1) is 14.3. The molecule has 106 valence electrons. The molecule has 0 aliphatic carbocycles. The van der Waals surface area contributed by atoms with Crippen LogP contribution in [-0.2, 0) is 9.53 Å². The van der Waals surface area contributed by atoms with Crippen molar-refractivity contribution in [3.05, 3.63) is 18.1 Å². The Labute approximate surface area is 117 Å². The molecule has 0 amide bonds. The number of carbonyl (C=O) groups is 1. The van der Waals surface area contributed by atoms with E-state index in [9.17, 15) is 4.79 Å². The highest BCUT2D eigenvalue weighted by Crippen LogP contribution is 2.13. The van der Waals surface area contributed by atoms with E-state index in [0.29, 0.717) is 18.2 Å². The molecule has 0 atom stereocenters. The van der Waals surface area contributed by atoms with Gasteiger partial charge in [-0.25, -0.2) is 14.8 Å². The number of ether oxygens (including phenoxy) is 2. The van der Waals surface area contributed by atoms with E-state index in [1.165, 1.54) is 6.33 Å². The Kier molecular flexibility index (Phi) is 5.33. The Bertz CT molecular complexity index is 516. The summed E-state index contributed by atoms with van der Waals surface area (Å²) in [6.45, 7) is 3.94. The fourth-order valence-electron chi connectivity index (χ4n) is 1.84. The third-order valence-electron chi connectivity index (χ3n) is 2.78. The van der Waals surface area contributed by atoms with E-state index < -0.39 is 5.97 Å². The van der Waals surface area contributed by atoms with E-state index in [0.717, 1.165) is 25.9 Å². The van der Waals surface area contributed by atoms with Crippen LogP contribution in [0.25, 0.3) is 0 Å². The normalized spacial score (nSPS) is 15.1. The molecule has 0 aromatic carbocycles. The molecule has 6 nitrogen and oxygen atoms in total. The highest BCUT2D eigenvalue weighted by molar-refractivity contribution is 5.88. The number of rotatable bonds is 3. The van der Waals surface area contributed by atoms with Gasteiger partial charge in [0.2, 0.25) is 5.88 Å². The van der Waals surface area contributed by atoms with Crippen LogP contribution in [0.3, 0.4) is 0 Å². The van der Waals surface area contributed by atoms with Crippen molar-refractivity contribution >= 4 is 5.97 Å². The van der Waals surface area contributed by atoms with Crippen LogP contribution in [0.5, 0.6) is 5.88 Å². The summed E-state index contributed by atoms with van der Waals surface area (Å²) in [5.41, 5.74) is 0.442. The summed E-state index contributed by atoms with van der Waals surface area (Å²) in [5, 5.41) is 3.27. The zero-order valence-electron chi connectivity index (χ0n) is 11.4. The van der Waals surface area contributed by atoms with Crippen molar-refractivity contribution in [3.8, 4) is 17.7 Å². The maximum Gasteiger partial charge on any atom is 0.384 e. The van der Waals surface area contributed by atoms with Gasteiger partial charge in [-0.3, -0.25) is 0 Å². The molecule has 0 unspecified atom stereocenters. The third kappa shape index (κ3) is 4.52. The molecule has 0 spiro atoms. The molecular weight excluding hydrogens is 258 g/mol. The molecule has 1 saturated heterocycles. The standard InChI is InChI=1S/C14H17N3O3/c1-2-19-14(18)4-3-11-9-13(17-10-16-11)20-12-5-7-15-8-6-12/h9-10,12,15H,2,5-8H2,1H3. The highest BCUT2D eigenvalue weighted by atomic mass is 16.5. The van der Waals surface area contributed by atoms with Crippen LogP contribution in [0.15, 0.2) is 12.4 Å². The molecule has 2 rings (SSSR count). The minimum absolute atomic E-state index is 0.164. The van der Waals surface area contributed by atoms with Crippen LogP contribution in [0.2, 0.25) is 0 Å². The number of esters is 1. The van der Waals surface area contributed by atoms with Crippen molar-refractivity contribution in [3.63, 3.8) is 0 Å². The smallest absolute Gasteiger partial charge is 0.384 e. The molecule has 0 saturated carbocycles. The summed E-state index contributed by atoms with van der Waals surface area (Å²) in [5.74, 6) is 4.93. The lowest BCUT2D eigenvalue weighted by atomic mass is 10.1. The fourth-order valence-corrected chi connectivity index (χ4v) is 1.84. The predicted octanol–water partition coefficient (Wildman–Crippen LogP) is 0.522. The largest absolute Gasteiger partial charge is 0.474 e. The van der Waals surface area contributed by atoms with Gasteiger partial charge < -0.3 is 14.8 Å². The van der Waals surface area contributed by atoms with Gasteiger partial charge >= 0.3 is 5.97 Å². The van der Waals surface area contributed by atoms with E-state index in [1.54, 1.807) is 13.0 Å². The molecule has 1 fully saturated rings. The zero-order valence-corrected chi connectivity index (χ0v) is 11.4. The Morgan fingerprint density at radius 3 is 3.00 bits per heavy atom. The van der Waals surface area contributed by atoms with Crippen molar-refractivity contribution in [2.24, 2.45) is 0 Å². The maximum atomic E-state index is 11.1. The second-order valence-electron chi connectivity index (χ2n) is 4.28. The average Bonchev–Trinajstić information content (AvgIpc) is 2.47. The molecule has 1 N–H and O–H groups in total. The second-order valence-corrected chi connectivity index (χ2v) is 4.28. The maximum absolute atomic E-state index is 11.1. The predicted molar refractivity (Wildman–Crippen MR) is 72.1 cm³/mol. The second kappa shape index (κ2) is 7.46. The summed E-state index contributed by atoms with van der Waals surface area (Å²) >= 11 is 0. The molecule has 1 aromatic heterocycles. The van der Waals surface area contributed by atoms with Gasteiger partial charge in [0.15, 0.2) is 0 Å². The lowest BCUT2D eigenvalue weighted by Gasteiger charge is -2.23. The van der Waals surface area contributed by atoms with Crippen molar-refractivity contribution in [2.75, 3.05) is 19.7 Å². The highest BCUT2D eigenvalue weighted by Gasteiger charge is 2.15. The van der Waals surface area contributed by atoms with Crippen LogP contribution < -0.4 is 10.1 Å². The lowest BCUT2D eigenvalue weighted by molar-refractivity contribution is -0.136. The molecule has 0 bridgehead atoms. The Hall–Kier alpha value is -2.13. The van der Waals surface area contributed by atoms with E-state index in [4.69, 9.17) is 9.47 Å². The van der Waals surface area contributed by atoms with Crippen molar-refractivity contribution in [1.82, 2.24) is 15.3 Å². The molecule has 2 heterocycles. The molecule has 1 aliphatic heterocycles. The summed E-state index contributed by atoms with van der Waals surface area (Å²) in [6, 6.07) is 1.63. The van der Waals surface area contributed by atoms with Gasteiger partial charge in [0.1, 0.15) is 18.1 Å². The molecule has 6 heteroatoms. The molecule has 1 aromatic rings. The van der Waals surface area contributed by atoms with E-state index in [2.05, 4.69) is 27.1 Å². The number of hydrogen-bond acceptors (Lipinski definition) is 6. The quantitative estimate of drug-likeness (QED) is 0.640. The average molecular weight is 275 g/mol. The van der Waals surface area contributed by atoms with Crippen LogP contribution in [0.1, 0.15) is 25.5 Å². The van der Waals surface area contributed by atoms with Crippen LogP contribution in [-0.4, -0.2) is 41.7 Å². The van der Waals surface area contributed by atoms with Gasteiger partial charge in [-0.15, -0.1) is 0 Å². The molecule has 0 radical (unpaired) electrons. The zero-order chi connectivity index (χ0) is 14.2. The third-order valence-corrected chi connectivity index (χ3v) is 2.78. The summed E-state index contributed by atoms with van der Waals surface area (Å²) in [7, 11) is 0. The number of hydrogen-bond donors (Lipinski definition) is 1. The Morgan fingerprint density at radius 1 is 1.45 bits per heavy atom. The van der Waals surface area contributed by atoms with Gasteiger partial charge in [0.05, 0.1) is 6.61 Å². The van der Waals surface area contributed by atoms with E-state index in [-0.39, 0.29) is 6.10 Å². The number of nitrogens with one attached hydrogen (secondary N) is 1. The Morgan fingerprint density at radius 2 is 2.25 bits per heavy atom.